The fraction of sp³-hybridized carbons (Fsp3) is 0.235. The van der Waals surface area contributed by atoms with Crippen LogP contribution in [-0.2, 0) is 15.9 Å². The maximum Gasteiger partial charge on any atom is 0.229 e. The lowest BCUT2D eigenvalue weighted by molar-refractivity contribution is 0.0739. The van der Waals surface area contributed by atoms with Crippen LogP contribution in [-0.4, -0.2) is 12.6 Å². The van der Waals surface area contributed by atoms with E-state index in [1.165, 1.54) is 12.5 Å². The van der Waals surface area contributed by atoms with Crippen molar-refractivity contribution in [3.05, 3.63) is 71.6 Å². The number of ketones is 1. The van der Waals surface area contributed by atoms with E-state index in [1.54, 1.807) is 12.3 Å². The van der Waals surface area contributed by atoms with Crippen LogP contribution in [0, 0.1) is 0 Å². The summed E-state index contributed by atoms with van der Waals surface area (Å²) in [5.41, 5.74) is 1.17. The topological polar surface area (TPSA) is 48.7 Å². The van der Waals surface area contributed by atoms with Crippen LogP contribution in [0.5, 0.6) is 0 Å². The monoisotopic (exact) mass is 284 g/mol. The lowest BCUT2D eigenvalue weighted by Crippen LogP contribution is -2.06. The summed E-state index contributed by atoms with van der Waals surface area (Å²) in [4.78, 5) is 11.4. The first kappa shape index (κ1) is 13.5. The molecule has 0 N–H and O–H groups in total. The summed E-state index contributed by atoms with van der Waals surface area (Å²) in [7, 11) is 0. The molecule has 4 nitrogen and oxygen atoms in total. The molecule has 1 atom stereocenters. The molecular formula is C17H16O4. The molecular weight excluding hydrogens is 268 g/mol. The maximum atomic E-state index is 11.4. The third-order valence-corrected chi connectivity index (χ3v) is 3.44. The van der Waals surface area contributed by atoms with Crippen LogP contribution in [0.1, 0.15) is 34.7 Å². The summed E-state index contributed by atoms with van der Waals surface area (Å²) in [6, 6.07) is 13.6. The minimum atomic E-state index is -0.0944. The van der Waals surface area contributed by atoms with Crippen LogP contribution in [0.25, 0.3) is 0 Å². The van der Waals surface area contributed by atoms with E-state index in [2.05, 4.69) is 12.1 Å². The highest BCUT2D eigenvalue weighted by atomic mass is 16.7. The van der Waals surface area contributed by atoms with Crippen molar-refractivity contribution in [1.29, 1.82) is 0 Å². The molecule has 0 saturated heterocycles. The Balaban J connectivity index is 1.90. The fourth-order valence-electron chi connectivity index (χ4n) is 2.36. The quantitative estimate of drug-likeness (QED) is 0.786. The Morgan fingerprint density at radius 2 is 2.00 bits per heavy atom. The average Bonchev–Trinajstić information content (AvgIpc) is 3.17. The van der Waals surface area contributed by atoms with E-state index in [-0.39, 0.29) is 18.5 Å². The molecule has 0 saturated carbocycles. The Kier molecular flexibility index (Phi) is 3.77. The highest BCUT2D eigenvalue weighted by Crippen LogP contribution is 2.32. The number of furan rings is 1. The van der Waals surface area contributed by atoms with E-state index < -0.39 is 0 Å². The molecule has 0 fully saturated rings. The molecule has 0 radical (unpaired) electrons. The number of carbonyl (C=O) groups is 1. The molecule has 21 heavy (non-hydrogen) atoms. The van der Waals surface area contributed by atoms with Crippen molar-refractivity contribution in [2.45, 2.75) is 19.3 Å². The normalized spacial score (nSPS) is 15.0. The first-order valence-electron chi connectivity index (χ1n) is 6.83. The molecule has 0 aliphatic carbocycles. The van der Waals surface area contributed by atoms with Gasteiger partial charge in [0, 0.05) is 6.92 Å². The smallest absolute Gasteiger partial charge is 0.229 e. The van der Waals surface area contributed by atoms with Gasteiger partial charge in [-0.15, -0.1) is 0 Å². The van der Waals surface area contributed by atoms with Crippen molar-refractivity contribution in [3.8, 4) is 0 Å². The summed E-state index contributed by atoms with van der Waals surface area (Å²) in [5.74, 6) is 1.62. The number of allylic oxidation sites excluding steroid dienone is 1. The predicted octanol–water partition coefficient (Wildman–Crippen LogP) is 3.65. The van der Waals surface area contributed by atoms with Crippen LogP contribution < -0.4 is 0 Å². The standard InChI is InChI=1S/C17H16O4/c1-12(18)15-7-8-16(21-15)14(17-10-19-11-20-17)9-13-5-3-2-4-6-13/h2-8,10,14H,9,11H2,1H3. The molecule has 0 bridgehead atoms. The first-order chi connectivity index (χ1) is 10.2. The van der Waals surface area contributed by atoms with E-state index in [0.29, 0.717) is 11.5 Å². The van der Waals surface area contributed by atoms with Gasteiger partial charge in [-0.25, -0.2) is 0 Å². The number of Topliss-reactive ketones (excluding diaryl/α,β-unsaturated/α-hetero) is 1. The number of hydrogen-bond donors (Lipinski definition) is 0. The van der Waals surface area contributed by atoms with Crippen LogP contribution in [0.15, 0.2) is 58.9 Å². The van der Waals surface area contributed by atoms with Crippen molar-refractivity contribution < 1.29 is 18.7 Å². The van der Waals surface area contributed by atoms with Gasteiger partial charge in [-0.3, -0.25) is 4.79 Å². The van der Waals surface area contributed by atoms with Gasteiger partial charge in [-0.1, -0.05) is 30.3 Å². The van der Waals surface area contributed by atoms with Crippen LogP contribution in [0.4, 0.5) is 0 Å². The summed E-state index contributed by atoms with van der Waals surface area (Å²) in [5, 5.41) is 0. The van der Waals surface area contributed by atoms with Gasteiger partial charge in [0.15, 0.2) is 11.5 Å². The molecule has 108 valence electrons. The van der Waals surface area contributed by atoms with Gasteiger partial charge in [0.1, 0.15) is 17.8 Å². The van der Waals surface area contributed by atoms with E-state index >= 15 is 0 Å². The van der Waals surface area contributed by atoms with Crippen LogP contribution >= 0.6 is 0 Å². The van der Waals surface area contributed by atoms with Gasteiger partial charge >= 0.3 is 0 Å². The summed E-state index contributed by atoms with van der Waals surface area (Å²) in [6.45, 7) is 1.71. The number of rotatable bonds is 5. The molecule has 2 aromatic rings. The van der Waals surface area contributed by atoms with Gasteiger partial charge in [0.2, 0.25) is 6.79 Å². The van der Waals surface area contributed by atoms with Crippen molar-refractivity contribution in [1.82, 2.24) is 0 Å². The average molecular weight is 284 g/mol. The molecule has 4 heteroatoms. The summed E-state index contributed by atoms with van der Waals surface area (Å²) in [6.07, 6.45) is 2.34. The number of carbonyl (C=O) groups excluding carboxylic acids is 1. The van der Waals surface area contributed by atoms with E-state index in [4.69, 9.17) is 13.9 Å². The zero-order valence-corrected chi connectivity index (χ0v) is 11.7. The molecule has 2 heterocycles. The second-order valence-corrected chi connectivity index (χ2v) is 4.95. The lowest BCUT2D eigenvalue weighted by Gasteiger charge is -2.14. The van der Waals surface area contributed by atoms with Gasteiger partial charge < -0.3 is 13.9 Å². The Labute approximate surface area is 123 Å². The maximum absolute atomic E-state index is 11.4. The summed E-state index contributed by atoms with van der Waals surface area (Å²) >= 11 is 0. The second kappa shape index (κ2) is 5.87. The SMILES string of the molecule is CC(=O)c1ccc(C(Cc2ccccc2)C2=COCO2)o1. The molecule has 3 rings (SSSR count). The van der Waals surface area contributed by atoms with Crippen molar-refractivity contribution in [3.63, 3.8) is 0 Å². The second-order valence-electron chi connectivity index (χ2n) is 4.95. The van der Waals surface area contributed by atoms with E-state index in [9.17, 15) is 4.79 Å². The third kappa shape index (κ3) is 2.99. The highest BCUT2D eigenvalue weighted by molar-refractivity contribution is 5.91. The van der Waals surface area contributed by atoms with Gasteiger partial charge in [-0.2, -0.15) is 0 Å². The molecule has 1 aliphatic rings. The third-order valence-electron chi connectivity index (χ3n) is 3.44. The number of benzene rings is 1. The molecule has 1 unspecified atom stereocenters. The van der Waals surface area contributed by atoms with Crippen molar-refractivity contribution in [2.24, 2.45) is 0 Å². The molecule has 0 amide bonds. The number of hydrogen-bond acceptors (Lipinski definition) is 4. The largest absolute Gasteiger partial charge is 0.462 e. The Bertz CT molecular complexity index is 654. The van der Waals surface area contributed by atoms with Crippen LogP contribution in [0.3, 0.4) is 0 Å². The van der Waals surface area contributed by atoms with Gasteiger partial charge in [0.25, 0.3) is 0 Å². The highest BCUT2D eigenvalue weighted by Gasteiger charge is 2.26. The predicted molar refractivity (Wildman–Crippen MR) is 76.7 cm³/mol. The molecule has 1 aliphatic heterocycles. The Morgan fingerprint density at radius 1 is 1.19 bits per heavy atom. The molecule has 1 aromatic carbocycles. The minimum absolute atomic E-state index is 0.0859. The zero-order chi connectivity index (χ0) is 14.7. The van der Waals surface area contributed by atoms with Crippen molar-refractivity contribution >= 4 is 5.78 Å². The Hall–Kier alpha value is -2.49. The lowest BCUT2D eigenvalue weighted by atomic mass is 9.95. The van der Waals surface area contributed by atoms with Crippen molar-refractivity contribution in [2.75, 3.05) is 6.79 Å². The van der Waals surface area contributed by atoms with Gasteiger partial charge in [0.05, 0.1) is 5.92 Å². The number of ether oxygens (including phenoxy) is 2. The van der Waals surface area contributed by atoms with Gasteiger partial charge in [-0.05, 0) is 24.1 Å². The Morgan fingerprint density at radius 3 is 2.62 bits per heavy atom. The van der Waals surface area contributed by atoms with E-state index in [1.807, 2.05) is 24.3 Å². The molecule has 0 spiro atoms. The summed E-state index contributed by atoms with van der Waals surface area (Å²) < 4.78 is 16.3. The molecule has 1 aromatic heterocycles. The zero-order valence-electron chi connectivity index (χ0n) is 11.7. The first-order valence-corrected chi connectivity index (χ1v) is 6.83. The van der Waals surface area contributed by atoms with E-state index in [0.717, 1.165) is 12.2 Å². The fourth-order valence-corrected chi connectivity index (χ4v) is 2.36. The minimum Gasteiger partial charge on any atom is -0.462 e. The van der Waals surface area contributed by atoms with Crippen LogP contribution in [0.2, 0.25) is 0 Å².